The molecule has 0 aliphatic carbocycles. The summed E-state index contributed by atoms with van der Waals surface area (Å²) in [7, 11) is 0. The van der Waals surface area contributed by atoms with Gasteiger partial charge in [-0.1, -0.05) is 13.3 Å². The standard InChI is InChI=1S/C11H17NOS/c1-2-14-11-7-4-3-5-8-12(11)9-6-10(11)13/h6,9H,2-5,7-8H2,1H3. The second-order valence-corrected chi connectivity index (χ2v) is 5.44. The number of nitrogens with zero attached hydrogens (tertiary/aromatic N) is 1. The molecule has 0 N–H and O–H groups in total. The zero-order chi connectivity index (χ0) is 10.0. The van der Waals surface area contributed by atoms with Crippen LogP contribution in [0, 0.1) is 0 Å². The molecule has 14 heavy (non-hydrogen) atoms. The Kier molecular flexibility index (Phi) is 2.86. The Morgan fingerprint density at radius 2 is 2.36 bits per heavy atom. The minimum atomic E-state index is -0.217. The Hall–Kier alpha value is -0.440. The van der Waals surface area contributed by atoms with Gasteiger partial charge >= 0.3 is 0 Å². The molecular weight excluding hydrogens is 194 g/mol. The first-order chi connectivity index (χ1) is 6.79. The van der Waals surface area contributed by atoms with E-state index in [1.165, 1.54) is 19.3 Å². The zero-order valence-corrected chi connectivity index (χ0v) is 9.48. The molecule has 2 aliphatic heterocycles. The normalized spacial score (nSPS) is 31.8. The summed E-state index contributed by atoms with van der Waals surface area (Å²) in [6.07, 6.45) is 8.46. The molecule has 0 bridgehead atoms. The highest BCUT2D eigenvalue weighted by molar-refractivity contribution is 8.01. The van der Waals surface area contributed by atoms with Gasteiger partial charge in [0.1, 0.15) is 4.87 Å². The smallest absolute Gasteiger partial charge is 0.192 e. The number of fused-ring (bicyclic) bond motifs is 1. The summed E-state index contributed by atoms with van der Waals surface area (Å²) in [5.74, 6) is 1.33. The van der Waals surface area contributed by atoms with E-state index in [1.54, 1.807) is 17.8 Å². The molecule has 78 valence electrons. The molecule has 0 aromatic carbocycles. The Morgan fingerprint density at radius 1 is 1.50 bits per heavy atom. The van der Waals surface area contributed by atoms with Gasteiger partial charge in [-0.15, -0.1) is 11.8 Å². The summed E-state index contributed by atoms with van der Waals surface area (Å²) in [6, 6.07) is 0. The van der Waals surface area contributed by atoms with Crippen LogP contribution in [0.5, 0.6) is 0 Å². The molecule has 0 amide bonds. The summed E-state index contributed by atoms with van der Waals surface area (Å²) in [5.41, 5.74) is 0. The predicted octanol–water partition coefficient (Wildman–Crippen LogP) is 2.41. The van der Waals surface area contributed by atoms with Crippen molar-refractivity contribution in [2.75, 3.05) is 12.3 Å². The van der Waals surface area contributed by atoms with E-state index in [9.17, 15) is 4.79 Å². The van der Waals surface area contributed by atoms with Crippen molar-refractivity contribution in [3.05, 3.63) is 12.3 Å². The molecular formula is C11H17NOS. The van der Waals surface area contributed by atoms with Crippen molar-refractivity contribution in [1.29, 1.82) is 0 Å². The van der Waals surface area contributed by atoms with Crippen molar-refractivity contribution >= 4 is 17.5 Å². The highest BCUT2D eigenvalue weighted by Crippen LogP contribution is 2.41. The fourth-order valence-electron chi connectivity index (χ4n) is 2.36. The molecule has 1 fully saturated rings. The molecule has 2 nitrogen and oxygen atoms in total. The van der Waals surface area contributed by atoms with E-state index in [0.29, 0.717) is 5.78 Å². The second kappa shape index (κ2) is 3.97. The molecule has 0 aromatic rings. The molecule has 2 rings (SSSR count). The van der Waals surface area contributed by atoms with Crippen molar-refractivity contribution in [2.45, 2.75) is 37.5 Å². The number of ketones is 1. The van der Waals surface area contributed by atoms with E-state index in [0.717, 1.165) is 18.7 Å². The van der Waals surface area contributed by atoms with E-state index in [4.69, 9.17) is 0 Å². The van der Waals surface area contributed by atoms with Gasteiger partial charge in [0.15, 0.2) is 5.78 Å². The third kappa shape index (κ3) is 1.48. The minimum Gasteiger partial charge on any atom is -0.356 e. The third-order valence-corrected chi connectivity index (χ3v) is 4.46. The van der Waals surface area contributed by atoms with Crippen LogP contribution in [0.3, 0.4) is 0 Å². The number of thioether (sulfide) groups is 1. The molecule has 3 heteroatoms. The first-order valence-corrected chi connectivity index (χ1v) is 6.41. The lowest BCUT2D eigenvalue weighted by Gasteiger charge is -2.35. The molecule has 0 aromatic heterocycles. The SMILES string of the molecule is CCSC12CCCCCN1C=CC2=O. The number of carbonyl (C=O) groups is 1. The van der Waals surface area contributed by atoms with E-state index in [2.05, 4.69) is 11.8 Å². The van der Waals surface area contributed by atoms with Crippen LogP contribution in [0.2, 0.25) is 0 Å². The van der Waals surface area contributed by atoms with E-state index < -0.39 is 0 Å². The fraction of sp³-hybridized carbons (Fsp3) is 0.727. The average molecular weight is 211 g/mol. The van der Waals surface area contributed by atoms with Gasteiger partial charge in [-0.25, -0.2) is 0 Å². The van der Waals surface area contributed by atoms with Gasteiger partial charge in [-0.2, -0.15) is 0 Å². The Balaban J connectivity index is 2.24. The van der Waals surface area contributed by atoms with Crippen molar-refractivity contribution in [2.24, 2.45) is 0 Å². The van der Waals surface area contributed by atoms with Crippen LogP contribution >= 0.6 is 11.8 Å². The molecule has 0 spiro atoms. The lowest BCUT2D eigenvalue weighted by atomic mass is 10.1. The summed E-state index contributed by atoms with van der Waals surface area (Å²) in [4.78, 5) is 14.0. The minimum absolute atomic E-state index is 0.217. The maximum Gasteiger partial charge on any atom is 0.192 e. The topological polar surface area (TPSA) is 20.3 Å². The van der Waals surface area contributed by atoms with Crippen molar-refractivity contribution in [3.8, 4) is 0 Å². The molecule has 1 unspecified atom stereocenters. The van der Waals surface area contributed by atoms with Gasteiger partial charge < -0.3 is 4.90 Å². The predicted molar refractivity (Wildman–Crippen MR) is 60.2 cm³/mol. The van der Waals surface area contributed by atoms with E-state index >= 15 is 0 Å². The number of carbonyl (C=O) groups excluding carboxylic acids is 1. The zero-order valence-electron chi connectivity index (χ0n) is 8.66. The first kappa shape index (κ1) is 10.1. The highest BCUT2D eigenvalue weighted by Gasteiger charge is 2.45. The Bertz CT molecular complexity index is 264. The largest absolute Gasteiger partial charge is 0.356 e. The van der Waals surface area contributed by atoms with Gasteiger partial charge in [-0.05, 0) is 25.0 Å². The molecule has 1 saturated heterocycles. The summed E-state index contributed by atoms with van der Waals surface area (Å²) in [5, 5.41) is 0. The Labute approximate surface area is 89.7 Å². The van der Waals surface area contributed by atoms with Gasteiger partial charge in [0.25, 0.3) is 0 Å². The van der Waals surface area contributed by atoms with Gasteiger partial charge in [0.2, 0.25) is 0 Å². The molecule has 2 aliphatic rings. The first-order valence-electron chi connectivity index (χ1n) is 5.43. The highest BCUT2D eigenvalue weighted by atomic mass is 32.2. The monoisotopic (exact) mass is 211 g/mol. The third-order valence-electron chi connectivity index (χ3n) is 3.05. The summed E-state index contributed by atoms with van der Waals surface area (Å²) in [6.45, 7) is 3.18. The van der Waals surface area contributed by atoms with Crippen LogP contribution in [0.4, 0.5) is 0 Å². The van der Waals surface area contributed by atoms with Crippen LogP contribution in [0.15, 0.2) is 12.3 Å². The maximum atomic E-state index is 11.9. The van der Waals surface area contributed by atoms with Crippen LogP contribution in [0.25, 0.3) is 0 Å². The molecule has 1 atom stereocenters. The van der Waals surface area contributed by atoms with Crippen molar-refractivity contribution < 1.29 is 4.79 Å². The van der Waals surface area contributed by atoms with Gasteiger partial charge in [0, 0.05) is 18.8 Å². The lowest BCUT2D eigenvalue weighted by Crippen LogP contribution is -2.44. The molecule has 2 heterocycles. The fourth-order valence-corrected chi connectivity index (χ4v) is 3.65. The number of hydrogen-bond donors (Lipinski definition) is 0. The van der Waals surface area contributed by atoms with Crippen molar-refractivity contribution in [3.63, 3.8) is 0 Å². The number of hydrogen-bond acceptors (Lipinski definition) is 3. The van der Waals surface area contributed by atoms with Gasteiger partial charge in [0.05, 0.1) is 0 Å². The van der Waals surface area contributed by atoms with E-state index in [-0.39, 0.29) is 4.87 Å². The number of rotatable bonds is 2. The van der Waals surface area contributed by atoms with Gasteiger partial charge in [-0.3, -0.25) is 4.79 Å². The second-order valence-electron chi connectivity index (χ2n) is 3.90. The quantitative estimate of drug-likeness (QED) is 0.699. The van der Waals surface area contributed by atoms with Crippen LogP contribution in [-0.4, -0.2) is 27.9 Å². The van der Waals surface area contributed by atoms with E-state index in [1.807, 2.05) is 6.20 Å². The summed E-state index contributed by atoms with van der Waals surface area (Å²) < 4.78 is 0. The van der Waals surface area contributed by atoms with Crippen LogP contribution < -0.4 is 0 Å². The summed E-state index contributed by atoms with van der Waals surface area (Å²) >= 11 is 1.81. The maximum absolute atomic E-state index is 11.9. The molecule has 0 saturated carbocycles. The van der Waals surface area contributed by atoms with Crippen LogP contribution in [-0.2, 0) is 4.79 Å². The Morgan fingerprint density at radius 3 is 3.14 bits per heavy atom. The van der Waals surface area contributed by atoms with Crippen LogP contribution in [0.1, 0.15) is 32.6 Å². The lowest BCUT2D eigenvalue weighted by molar-refractivity contribution is -0.118. The average Bonchev–Trinajstić information content (AvgIpc) is 2.39. The van der Waals surface area contributed by atoms with Crippen molar-refractivity contribution in [1.82, 2.24) is 4.90 Å². The molecule has 0 radical (unpaired) electrons.